The van der Waals surface area contributed by atoms with E-state index in [0.717, 1.165) is 12.8 Å². The molecule has 2 saturated carbocycles. The van der Waals surface area contributed by atoms with Crippen LogP contribution < -0.4 is 0 Å². The van der Waals surface area contributed by atoms with Crippen LogP contribution in [0.4, 0.5) is 0 Å². The Labute approximate surface area is 103 Å². The number of fused-ring (bicyclic) bond motifs is 3. The summed E-state index contributed by atoms with van der Waals surface area (Å²) in [6.07, 6.45) is 5.82. The van der Waals surface area contributed by atoms with E-state index in [0.29, 0.717) is 16.9 Å². The zero-order valence-electron chi connectivity index (χ0n) is 10.5. The lowest BCUT2D eigenvalue weighted by molar-refractivity contribution is -0.145. The van der Waals surface area contributed by atoms with E-state index < -0.39 is 0 Å². The molecule has 0 spiro atoms. The molecule has 1 aliphatic heterocycles. The Hall–Kier alpha value is -1.05. The molecule has 0 aromatic carbocycles. The molecule has 3 fully saturated rings. The quantitative estimate of drug-likeness (QED) is 0.364. The van der Waals surface area contributed by atoms with E-state index >= 15 is 0 Å². The molecule has 0 bridgehead atoms. The summed E-state index contributed by atoms with van der Waals surface area (Å²) in [4.78, 5) is 11.7. The monoisotopic (exact) mass is 232 g/mol. The van der Waals surface area contributed by atoms with Crippen LogP contribution in [0.15, 0.2) is 24.3 Å². The molecule has 2 nitrogen and oxygen atoms in total. The fourth-order valence-corrected chi connectivity index (χ4v) is 4.19. The van der Waals surface area contributed by atoms with Gasteiger partial charge < -0.3 is 4.74 Å². The van der Waals surface area contributed by atoms with E-state index in [4.69, 9.17) is 4.74 Å². The first kappa shape index (κ1) is 11.1. The summed E-state index contributed by atoms with van der Waals surface area (Å²) >= 11 is 0. The summed E-state index contributed by atoms with van der Waals surface area (Å²) in [5.41, 5.74) is 2.27. The van der Waals surface area contributed by atoms with Gasteiger partial charge in [0.2, 0.25) is 0 Å². The third-order valence-corrected chi connectivity index (χ3v) is 5.14. The fraction of sp³-hybridized carbons (Fsp3) is 0.667. The van der Waals surface area contributed by atoms with Crippen molar-refractivity contribution >= 4 is 5.97 Å². The normalized spacial score (nSPS) is 45.2. The van der Waals surface area contributed by atoms with Crippen molar-refractivity contribution in [3.8, 4) is 0 Å². The van der Waals surface area contributed by atoms with E-state index in [9.17, 15) is 4.79 Å². The third kappa shape index (κ3) is 1.42. The lowest BCUT2D eigenvalue weighted by Gasteiger charge is -2.50. The molecular formula is C15H20O2. The molecule has 0 aromatic rings. The summed E-state index contributed by atoms with van der Waals surface area (Å²) < 4.78 is 5.58. The first-order chi connectivity index (χ1) is 8.03. The minimum atomic E-state index is -0.178. The number of hydrogen-bond acceptors (Lipinski definition) is 2. The highest BCUT2D eigenvalue weighted by molar-refractivity contribution is 5.91. The average molecular weight is 232 g/mol. The van der Waals surface area contributed by atoms with Crippen LogP contribution in [-0.2, 0) is 9.53 Å². The standard InChI is InChI=1S/C15H20O2/c1-9-5-4-7-15(3)8-6-11-10(2)14(16)17-13(11)12(9)15/h11-13H,1-2,4-8H2,3H3/t11-,12+,13?,15+/m0/s1. The van der Waals surface area contributed by atoms with E-state index in [2.05, 4.69) is 20.1 Å². The van der Waals surface area contributed by atoms with Crippen LogP contribution in [0, 0.1) is 17.3 Å². The Balaban J connectivity index is 1.98. The Bertz CT molecular complexity index is 409. The second-order valence-corrected chi connectivity index (χ2v) is 6.18. The van der Waals surface area contributed by atoms with Crippen LogP contribution in [0.2, 0.25) is 0 Å². The molecule has 1 saturated heterocycles. The summed E-state index contributed by atoms with van der Waals surface area (Å²) in [5, 5.41) is 0. The SMILES string of the molecule is C=C1CCC[C@]2(C)CC[C@H]3C(=C)C(=O)OC3[C@@H]12. The molecule has 1 heterocycles. The summed E-state index contributed by atoms with van der Waals surface area (Å²) in [6.45, 7) is 10.5. The van der Waals surface area contributed by atoms with E-state index in [-0.39, 0.29) is 18.0 Å². The van der Waals surface area contributed by atoms with Crippen LogP contribution in [0.1, 0.15) is 39.0 Å². The molecule has 0 amide bonds. The Morgan fingerprint density at radius 3 is 2.88 bits per heavy atom. The lowest BCUT2D eigenvalue weighted by atomic mass is 9.55. The van der Waals surface area contributed by atoms with Gasteiger partial charge in [0, 0.05) is 17.4 Å². The van der Waals surface area contributed by atoms with E-state index in [1.165, 1.54) is 24.8 Å². The molecular weight excluding hydrogens is 212 g/mol. The predicted octanol–water partition coefficient (Wildman–Crippen LogP) is 3.24. The van der Waals surface area contributed by atoms with Gasteiger partial charge >= 0.3 is 5.97 Å². The smallest absolute Gasteiger partial charge is 0.334 e. The highest BCUT2D eigenvalue weighted by Crippen LogP contribution is 2.57. The van der Waals surface area contributed by atoms with Gasteiger partial charge in [0.05, 0.1) is 0 Å². The van der Waals surface area contributed by atoms with Crippen molar-refractivity contribution in [1.82, 2.24) is 0 Å². The molecule has 0 N–H and O–H groups in total. The molecule has 2 heteroatoms. The maximum atomic E-state index is 11.7. The maximum Gasteiger partial charge on any atom is 0.334 e. The molecule has 1 unspecified atom stereocenters. The van der Waals surface area contributed by atoms with Crippen LogP contribution in [0.5, 0.6) is 0 Å². The largest absolute Gasteiger partial charge is 0.458 e. The Morgan fingerprint density at radius 2 is 2.12 bits per heavy atom. The van der Waals surface area contributed by atoms with Gasteiger partial charge in [-0.3, -0.25) is 0 Å². The zero-order chi connectivity index (χ0) is 12.2. The van der Waals surface area contributed by atoms with Gasteiger partial charge in [0.15, 0.2) is 0 Å². The van der Waals surface area contributed by atoms with Crippen molar-refractivity contribution in [2.45, 2.75) is 45.1 Å². The topological polar surface area (TPSA) is 26.3 Å². The van der Waals surface area contributed by atoms with Crippen molar-refractivity contribution in [3.05, 3.63) is 24.3 Å². The second-order valence-electron chi connectivity index (χ2n) is 6.18. The maximum absolute atomic E-state index is 11.7. The Kier molecular flexibility index (Phi) is 2.26. The van der Waals surface area contributed by atoms with Gasteiger partial charge in [0.25, 0.3) is 0 Å². The average Bonchev–Trinajstić information content (AvgIpc) is 2.54. The molecule has 92 valence electrons. The second kappa shape index (κ2) is 3.47. The van der Waals surface area contributed by atoms with Crippen molar-refractivity contribution in [3.63, 3.8) is 0 Å². The highest BCUT2D eigenvalue weighted by atomic mass is 16.6. The molecule has 17 heavy (non-hydrogen) atoms. The lowest BCUT2D eigenvalue weighted by Crippen LogP contribution is -2.46. The zero-order valence-corrected chi connectivity index (χ0v) is 10.5. The van der Waals surface area contributed by atoms with Gasteiger partial charge in [-0.2, -0.15) is 0 Å². The number of esters is 1. The van der Waals surface area contributed by atoms with Gasteiger partial charge in [-0.15, -0.1) is 0 Å². The number of hydrogen-bond donors (Lipinski definition) is 0. The van der Waals surface area contributed by atoms with Crippen LogP contribution in [0.3, 0.4) is 0 Å². The number of rotatable bonds is 0. The van der Waals surface area contributed by atoms with Gasteiger partial charge in [0.1, 0.15) is 6.10 Å². The molecule has 3 aliphatic rings. The van der Waals surface area contributed by atoms with Crippen LogP contribution in [0.25, 0.3) is 0 Å². The van der Waals surface area contributed by atoms with Crippen molar-refractivity contribution in [1.29, 1.82) is 0 Å². The van der Waals surface area contributed by atoms with Crippen molar-refractivity contribution in [2.24, 2.45) is 17.3 Å². The molecule has 4 atom stereocenters. The molecule has 0 aromatic heterocycles. The van der Waals surface area contributed by atoms with E-state index in [1.807, 2.05) is 0 Å². The number of ether oxygens (including phenoxy) is 1. The van der Waals surface area contributed by atoms with Gasteiger partial charge in [-0.05, 0) is 37.5 Å². The fourth-order valence-electron chi connectivity index (χ4n) is 4.19. The molecule has 2 aliphatic carbocycles. The van der Waals surface area contributed by atoms with Crippen LogP contribution in [-0.4, -0.2) is 12.1 Å². The molecule has 3 rings (SSSR count). The van der Waals surface area contributed by atoms with Crippen LogP contribution >= 0.6 is 0 Å². The van der Waals surface area contributed by atoms with E-state index in [1.54, 1.807) is 0 Å². The van der Waals surface area contributed by atoms with Crippen molar-refractivity contribution < 1.29 is 9.53 Å². The summed E-state index contributed by atoms with van der Waals surface area (Å²) in [7, 11) is 0. The first-order valence-corrected chi connectivity index (χ1v) is 6.60. The summed E-state index contributed by atoms with van der Waals surface area (Å²) in [5.74, 6) is 0.427. The summed E-state index contributed by atoms with van der Waals surface area (Å²) in [6, 6.07) is 0. The Morgan fingerprint density at radius 1 is 1.35 bits per heavy atom. The minimum absolute atomic E-state index is 0.0292. The predicted molar refractivity (Wildman–Crippen MR) is 66.3 cm³/mol. The molecule has 0 radical (unpaired) electrons. The highest BCUT2D eigenvalue weighted by Gasteiger charge is 2.54. The van der Waals surface area contributed by atoms with Gasteiger partial charge in [-0.25, -0.2) is 4.79 Å². The minimum Gasteiger partial charge on any atom is -0.458 e. The number of carbonyl (C=O) groups is 1. The number of carbonyl (C=O) groups excluding carboxylic acids is 1. The van der Waals surface area contributed by atoms with Gasteiger partial charge in [-0.1, -0.05) is 25.7 Å². The third-order valence-electron chi connectivity index (χ3n) is 5.14. The first-order valence-electron chi connectivity index (χ1n) is 6.60. The van der Waals surface area contributed by atoms with Crippen molar-refractivity contribution in [2.75, 3.05) is 0 Å².